The van der Waals surface area contributed by atoms with Crippen molar-refractivity contribution < 1.29 is 9.47 Å². The summed E-state index contributed by atoms with van der Waals surface area (Å²) in [6.45, 7) is 0. The van der Waals surface area contributed by atoms with Gasteiger partial charge in [-0.2, -0.15) is 0 Å². The first-order valence-corrected chi connectivity index (χ1v) is 21.9. The van der Waals surface area contributed by atoms with Gasteiger partial charge in [-0.1, -0.05) is 188 Å². The van der Waals surface area contributed by atoms with Crippen molar-refractivity contribution in [2.24, 2.45) is 0 Å². The first-order chi connectivity index (χ1) is 31.7. The van der Waals surface area contributed by atoms with Gasteiger partial charge in [-0.15, -0.1) is 0 Å². The minimum absolute atomic E-state index is 0.478. The van der Waals surface area contributed by atoms with Crippen LogP contribution in [0.1, 0.15) is 22.3 Å². The lowest BCUT2D eigenvalue weighted by Crippen LogP contribution is -2.25. The molecule has 1 spiro atoms. The zero-order valence-electron chi connectivity index (χ0n) is 34.8. The zero-order valence-corrected chi connectivity index (χ0v) is 34.8. The third kappa shape index (κ3) is 5.41. The van der Waals surface area contributed by atoms with Gasteiger partial charge in [-0.3, -0.25) is 0 Å². The average Bonchev–Trinajstić information content (AvgIpc) is 3.84. The van der Waals surface area contributed by atoms with Crippen molar-refractivity contribution in [2.75, 3.05) is 4.90 Å². The Morgan fingerprint density at radius 3 is 1.36 bits per heavy atom. The van der Waals surface area contributed by atoms with E-state index >= 15 is 0 Å². The first-order valence-electron chi connectivity index (χ1n) is 21.9. The van der Waals surface area contributed by atoms with Crippen LogP contribution in [0.25, 0.3) is 55.6 Å². The van der Waals surface area contributed by atoms with Crippen LogP contribution in [0.15, 0.2) is 237 Å². The van der Waals surface area contributed by atoms with Gasteiger partial charge in [0.05, 0.1) is 5.41 Å². The summed E-state index contributed by atoms with van der Waals surface area (Å²) in [4.78, 5) is 2.33. The van der Waals surface area contributed by atoms with E-state index in [1.54, 1.807) is 0 Å². The van der Waals surface area contributed by atoms with Gasteiger partial charge in [0, 0.05) is 28.2 Å². The molecule has 0 fully saturated rings. The maximum Gasteiger partial charge on any atom is 0.178 e. The number of rotatable bonds is 6. The van der Waals surface area contributed by atoms with Crippen molar-refractivity contribution in [1.82, 2.24) is 0 Å². The van der Waals surface area contributed by atoms with E-state index in [1.807, 2.05) is 6.07 Å². The molecule has 300 valence electrons. The SMILES string of the molecule is c1ccc(-c2ccc(N(c3ccc(-c4ccccc4)cc3)c3cccc(-c4cccc5c4Oc4c(ccc6c4-c4ccccc4C64c6ccccc6-c6ccccc64)O5)c3)cc2)cc1. The Kier molecular flexibility index (Phi) is 8.13. The molecule has 1 aliphatic heterocycles. The van der Waals surface area contributed by atoms with Crippen LogP contribution < -0.4 is 14.4 Å². The second-order valence-corrected chi connectivity index (χ2v) is 16.8. The van der Waals surface area contributed by atoms with Gasteiger partial charge >= 0.3 is 0 Å². The van der Waals surface area contributed by atoms with Crippen molar-refractivity contribution in [3.8, 4) is 78.6 Å². The normalized spacial score (nSPS) is 13.1. The van der Waals surface area contributed by atoms with E-state index < -0.39 is 5.41 Å². The van der Waals surface area contributed by atoms with Crippen LogP contribution in [0.2, 0.25) is 0 Å². The van der Waals surface area contributed by atoms with E-state index in [9.17, 15) is 0 Å². The summed E-state index contributed by atoms with van der Waals surface area (Å²) in [6, 6.07) is 84.7. The van der Waals surface area contributed by atoms with E-state index in [0.29, 0.717) is 17.2 Å². The zero-order chi connectivity index (χ0) is 42.2. The molecule has 0 amide bonds. The Bertz CT molecular complexity index is 3300. The maximum absolute atomic E-state index is 7.28. The molecule has 10 aromatic rings. The highest BCUT2D eigenvalue weighted by Crippen LogP contribution is 2.66. The lowest BCUT2D eigenvalue weighted by molar-refractivity contribution is 0.361. The molecule has 3 nitrogen and oxygen atoms in total. The lowest BCUT2D eigenvalue weighted by atomic mass is 9.70. The van der Waals surface area contributed by atoms with Crippen LogP contribution in [-0.4, -0.2) is 0 Å². The molecule has 0 radical (unpaired) electrons. The Balaban J connectivity index is 0.931. The second kappa shape index (κ2) is 14.3. The Morgan fingerprint density at radius 1 is 0.281 bits per heavy atom. The minimum Gasteiger partial charge on any atom is -0.449 e. The highest BCUT2D eigenvalue weighted by molar-refractivity contribution is 5.98. The summed E-state index contributed by atoms with van der Waals surface area (Å²) >= 11 is 0. The molecule has 0 aromatic heterocycles. The third-order valence-electron chi connectivity index (χ3n) is 13.4. The summed E-state index contributed by atoms with van der Waals surface area (Å²) in [7, 11) is 0. The number of benzene rings is 10. The highest BCUT2D eigenvalue weighted by Gasteiger charge is 2.53. The van der Waals surface area contributed by atoms with Gasteiger partial charge in [-0.05, 0) is 115 Å². The number of fused-ring (bicyclic) bond motifs is 13. The fraction of sp³-hybridized carbons (Fsp3) is 0.0164. The lowest BCUT2D eigenvalue weighted by Gasteiger charge is -2.31. The topological polar surface area (TPSA) is 21.7 Å². The van der Waals surface area contributed by atoms with E-state index in [0.717, 1.165) is 39.5 Å². The number of nitrogens with zero attached hydrogens (tertiary/aromatic N) is 1. The van der Waals surface area contributed by atoms with Crippen LogP contribution in [0, 0.1) is 0 Å². The molecule has 3 aliphatic rings. The minimum atomic E-state index is -0.478. The average molecular weight is 818 g/mol. The molecule has 2 aliphatic carbocycles. The Labute approximate surface area is 372 Å². The van der Waals surface area contributed by atoms with E-state index in [4.69, 9.17) is 9.47 Å². The van der Waals surface area contributed by atoms with Crippen LogP contribution in [-0.2, 0) is 5.41 Å². The monoisotopic (exact) mass is 817 g/mol. The molecule has 13 rings (SSSR count). The van der Waals surface area contributed by atoms with Crippen molar-refractivity contribution in [3.63, 3.8) is 0 Å². The number of anilines is 3. The molecule has 0 saturated carbocycles. The predicted octanol–water partition coefficient (Wildman–Crippen LogP) is 16.4. The molecule has 3 heteroatoms. The molecule has 1 heterocycles. The quantitative estimate of drug-likeness (QED) is 0.167. The van der Waals surface area contributed by atoms with E-state index in [-0.39, 0.29) is 0 Å². The highest BCUT2D eigenvalue weighted by atomic mass is 16.6. The van der Waals surface area contributed by atoms with Crippen LogP contribution in [0.5, 0.6) is 23.0 Å². The van der Waals surface area contributed by atoms with Gasteiger partial charge < -0.3 is 14.4 Å². The third-order valence-corrected chi connectivity index (χ3v) is 13.4. The second-order valence-electron chi connectivity index (χ2n) is 16.8. The van der Waals surface area contributed by atoms with Gasteiger partial charge in [-0.25, -0.2) is 0 Å². The molecule has 64 heavy (non-hydrogen) atoms. The Hall–Kier alpha value is -8.40. The Morgan fingerprint density at radius 2 is 0.750 bits per heavy atom. The molecular formula is C61H39NO2. The predicted molar refractivity (Wildman–Crippen MR) is 260 cm³/mol. The maximum atomic E-state index is 7.28. The molecule has 0 N–H and O–H groups in total. The van der Waals surface area contributed by atoms with E-state index in [2.05, 4.69) is 235 Å². The number of para-hydroxylation sites is 1. The summed E-state index contributed by atoms with van der Waals surface area (Å²) in [6.07, 6.45) is 0. The van der Waals surface area contributed by atoms with Crippen molar-refractivity contribution in [1.29, 1.82) is 0 Å². The van der Waals surface area contributed by atoms with Crippen molar-refractivity contribution >= 4 is 17.1 Å². The first kappa shape index (κ1) is 36.3. The van der Waals surface area contributed by atoms with Gasteiger partial charge in [0.1, 0.15) is 0 Å². The van der Waals surface area contributed by atoms with Crippen molar-refractivity contribution in [3.05, 3.63) is 259 Å². The fourth-order valence-corrected chi connectivity index (χ4v) is 10.6. The van der Waals surface area contributed by atoms with Gasteiger partial charge in [0.15, 0.2) is 23.0 Å². The molecule has 0 atom stereocenters. The smallest absolute Gasteiger partial charge is 0.178 e. The van der Waals surface area contributed by atoms with Crippen molar-refractivity contribution in [2.45, 2.75) is 5.41 Å². The number of hydrogen-bond acceptors (Lipinski definition) is 3. The van der Waals surface area contributed by atoms with Crippen LogP contribution in [0.3, 0.4) is 0 Å². The number of hydrogen-bond donors (Lipinski definition) is 0. The molecule has 10 aromatic carbocycles. The standard InChI is InChI=1S/C61H39NO2/c1-3-15-40(16-4-1)42-29-33-45(34-30-42)62(46-35-31-43(32-36-46)41-17-5-2-6-18-41)47-20-13-19-44(39-47)48-24-14-28-56-59(48)64-60-57(63-56)38-37-55-58(60)51-23-9-12-27-54(51)61(55)52-25-10-7-21-49(52)50-22-8-11-26-53(50)61/h1-39H. The molecule has 0 saturated heterocycles. The number of ether oxygens (including phenoxy) is 2. The summed E-state index contributed by atoms with van der Waals surface area (Å²) in [5.74, 6) is 2.86. The molecular weight excluding hydrogens is 779 g/mol. The summed E-state index contributed by atoms with van der Waals surface area (Å²) in [5.41, 5.74) is 19.2. The van der Waals surface area contributed by atoms with Crippen LogP contribution >= 0.6 is 0 Å². The van der Waals surface area contributed by atoms with Gasteiger partial charge in [0.25, 0.3) is 0 Å². The fourth-order valence-electron chi connectivity index (χ4n) is 10.6. The largest absolute Gasteiger partial charge is 0.449 e. The molecule has 0 unspecified atom stereocenters. The van der Waals surface area contributed by atoms with E-state index in [1.165, 1.54) is 61.2 Å². The van der Waals surface area contributed by atoms with Crippen LogP contribution in [0.4, 0.5) is 17.1 Å². The summed E-state index contributed by atoms with van der Waals surface area (Å²) in [5, 5.41) is 0. The summed E-state index contributed by atoms with van der Waals surface area (Å²) < 4.78 is 14.1. The van der Waals surface area contributed by atoms with Gasteiger partial charge in [0.2, 0.25) is 0 Å². The molecule has 0 bridgehead atoms.